The summed E-state index contributed by atoms with van der Waals surface area (Å²) < 4.78 is 46.4. The molecule has 0 aromatic heterocycles. The van der Waals surface area contributed by atoms with E-state index in [1.54, 1.807) is 0 Å². The normalized spacial score (nSPS) is 45.9. The number of carbonyl (C=O) groups is 2. The molecule has 2 fully saturated rings. The minimum atomic E-state index is -5.44. The van der Waals surface area contributed by atoms with Gasteiger partial charge in [-0.2, -0.15) is 8.42 Å². The van der Waals surface area contributed by atoms with Gasteiger partial charge >= 0.3 is 11.9 Å². The molecular weight excluding hydrogens is 400 g/mol. The molecule has 156 valence electrons. The molecule has 14 nitrogen and oxygen atoms in total. The van der Waals surface area contributed by atoms with Crippen molar-refractivity contribution in [3.63, 3.8) is 0 Å². The van der Waals surface area contributed by atoms with Crippen LogP contribution in [0.25, 0.3) is 0 Å². The maximum absolute atomic E-state index is 12.3. The van der Waals surface area contributed by atoms with Gasteiger partial charge in [-0.3, -0.25) is 4.55 Å². The third-order valence-electron chi connectivity index (χ3n) is 4.54. The number of hydrogen-bond donors (Lipinski definition) is 7. The second-order valence-corrected chi connectivity index (χ2v) is 7.91. The van der Waals surface area contributed by atoms with E-state index in [-0.39, 0.29) is 0 Å². The summed E-state index contributed by atoms with van der Waals surface area (Å²) in [6.45, 7) is -2.21. The number of rotatable bonds is 4. The molecule has 2 aliphatic heterocycles. The van der Waals surface area contributed by atoms with Crippen LogP contribution in [0.1, 0.15) is 6.92 Å². The third-order valence-corrected chi connectivity index (χ3v) is 5.89. The molecular formula is C12H18O14S. The van der Waals surface area contributed by atoms with E-state index >= 15 is 0 Å². The molecule has 0 aromatic rings. The highest BCUT2D eigenvalue weighted by atomic mass is 32.2. The topological polar surface area (TPSA) is 238 Å². The van der Waals surface area contributed by atoms with Crippen LogP contribution < -0.4 is 0 Å². The SMILES string of the molecule is C[C@]1(S(=O)(=O)O)O[C@](O)(C2(CO)OC(=O)C(CO)OC2=O)[C@H](O)[C@H](O)[C@@H]1O. The Morgan fingerprint density at radius 1 is 1.11 bits per heavy atom. The van der Waals surface area contributed by atoms with E-state index < -0.39 is 76.0 Å². The van der Waals surface area contributed by atoms with Crippen LogP contribution in [0, 0.1) is 0 Å². The molecule has 2 heterocycles. The fourth-order valence-corrected chi connectivity index (χ4v) is 3.44. The smallest absolute Gasteiger partial charge is 0.359 e. The van der Waals surface area contributed by atoms with Crippen molar-refractivity contribution in [3.05, 3.63) is 0 Å². The lowest BCUT2D eigenvalue weighted by molar-refractivity contribution is -0.406. The van der Waals surface area contributed by atoms with Gasteiger partial charge in [0.25, 0.3) is 21.5 Å². The lowest BCUT2D eigenvalue weighted by Crippen LogP contribution is -2.81. The van der Waals surface area contributed by atoms with Crippen LogP contribution in [-0.2, 0) is 33.9 Å². The molecule has 2 unspecified atom stereocenters. The maximum atomic E-state index is 12.3. The van der Waals surface area contributed by atoms with E-state index in [1.165, 1.54) is 0 Å². The fourth-order valence-electron chi connectivity index (χ4n) is 2.76. The van der Waals surface area contributed by atoms with Gasteiger partial charge in [0.05, 0.1) is 13.2 Å². The summed E-state index contributed by atoms with van der Waals surface area (Å²) in [5.74, 6) is -6.99. The van der Waals surface area contributed by atoms with E-state index in [9.17, 15) is 48.1 Å². The summed E-state index contributed by atoms with van der Waals surface area (Å²) in [6.07, 6.45) is -9.70. The van der Waals surface area contributed by atoms with Crippen LogP contribution in [0.3, 0.4) is 0 Å². The second kappa shape index (κ2) is 6.57. The molecule has 0 radical (unpaired) electrons. The molecule has 15 heteroatoms. The molecule has 0 aliphatic carbocycles. The summed E-state index contributed by atoms with van der Waals surface area (Å²) in [5, 5.41) is 59.2. The first kappa shape index (κ1) is 21.9. The number of esters is 2. The monoisotopic (exact) mass is 418 g/mol. The predicted octanol–water partition coefficient (Wildman–Crippen LogP) is -5.42. The molecule has 2 saturated heterocycles. The third kappa shape index (κ3) is 2.82. The number of aliphatic hydroxyl groups excluding tert-OH is 5. The molecule has 0 saturated carbocycles. The Labute approximate surface area is 151 Å². The highest BCUT2D eigenvalue weighted by Gasteiger charge is 2.75. The van der Waals surface area contributed by atoms with Crippen molar-refractivity contribution in [3.8, 4) is 0 Å². The Bertz CT molecular complexity index is 736. The second-order valence-electron chi connectivity index (χ2n) is 6.15. The first-order valence-corrected chi connectivity index (χ1v) is 8.75. The van der Waals surface area contributed by atoms with Crippen molar-refractivity contribution >= 4 is 22.1 Å². The number of ether oxygens (including phenoxy) is 3. The fraction of sp³-hybridized carbons (Fsp3) is 0.833. The number of aliphatic hydroxyl groups is 6. The van der Waals surface area contributed by atoms with Crippen molar-refractivity contribution < 1.29 is 67.4 Å². The van der Waals surface area contributed by atoms with Gasteiger partial charge in [-0.1, -0.05) is 0 Å². The first-order chi connectivity index (χ1) is 12.2. The highest BCUT2D eigenvalue weighted by molar-refractivity contribution is 7.87. The summed E-state index contributed by atoms with van der Waals surface area (Å²) in [4.78, 5) is 20.9. The largest absolute Gasteiger partial charge is 0.445 e. The molecule has 2 rings (SSSR count). The van der Waals surface area contributed by atoms with Crippen LogP contribution in [0.15, 0.2) is 0 Å². The van der Waals surface area contributed by atoms with Gasteiger partial charge in [-0.05, 0) is 6.92 Å². The molecule has 0 bridgehead atoms. The van der Waals surface area contributed by atoms with Crippen LogP contribution in [0.2, 0.25) is 0 Å². The number of cyclic esters (lactones) is 2. The Morgan fingerprint density at radius 2 is 1.67 bits per heavy atom. The van der Waals surface area contributed by atoms with Crippen molar-refractivity contribution in [1.29, 1.82) is 0 Å². The van der Waals surface area contributed by atoms with E-state index in [0.717, 1.165) is 0 Å². The summed E-state index contributed by atoms with van der Waals surface area (Å²) >= 11 is 0. The van der Waals surface area contributed by atoms with Crippen LogP contribution >= 0.6 is 0 Å². The molecule has 0 aromatic carbocycles. The van der Waals surface area contributed by atoms with Gasteiger partial charge in [0.2, 0.25) is 11.0 Å². The Kier molecular flexibility index (Phi) is 5.32. The maximum Gasteiger partial charge on any atom is 0.359 e. The molecule has 27 heavy (non-hydrogen) atoms. The average molecular weight is 418 g/mol. The lowest BCUT2D eigenvalue weighted by Gasteiger charge is -2.54. The van der Waals surface area contributed by atoms with E-state index in [0.29, 0.717) is 6.92 Å². The quantitative estimate of drug-likeness (QED) is 0.167. The van der Waals surface area contributed by atoms with E-state index in [1.807, 2.05) is 0 Å². The predicted molar refractivity (Wildman–Crippen MR) is 76.9 cm³/mol. The Morgan fingerprint density at radius 3 is 2.11 bits per heavy atom. The van der Waals surface area contributed by atoms with Gasteiger partial charge in [0.1, 0.15) is 18.3 Å². The Hall–Kier alpha value is -1.43. The molecule has 2 aliphatic rings. The zero-order valence-electron chi connectivity index (χ0n) is 13.6. The first-order valence-electron chi connectivity index (χ1n) is 7.31. The van der Waals surface area contributed by atoms with Crippen molar-refractivity contribution in [1.82, 2.24) is 0 Å². The minimum Gasteiger partial charge on any atom is -0.445 e. The van der Waals surface area contributed by atoms with Gasteiger partial charge in [-0.25, -0.2) is 9.59 Å². The number of hydrogen-bond acceptors (Lipinski definition) is 13. The standard InChI is InChI=1S/C12H18O14S/c1-10(27(21,22)23)6(16)5(15)7(17)12(20,26-10)11(3-14)9(19)24-4(2-13)8(18)25-11/h4-7,13-17,20H,2-3H2,1H3,(H,21,22,23)/t4?,5-,6+,7-,10-,11?,12+/m1/s1. The summed E-state index contributed by atoms with van der Waals surface area (Å²) in [7, 11) is -5.44. The van der Waals surface area contributed by atoms with E-state index in [4.69, 9.17) is 9.84 Å². The highest BCUT2D eigenvalue weighted by Crippen LogP contribution is 2.46. The summed E-state index contributed by atoms with van der Waals surface area (Å²) in [6, 6.07) is 0. The van der Waals surface area contributed by atoms with E-state index in [2.05, 4.69) is 9.47 Å². The van der Waals surface area contributed by atoms with Gasteiger partial charge in [-0.15, -0.1) is 0 Å². The number of carbonyl (C=O) groups excluding carboxylic acids is 2. The van der Waals surface area contributed by atoms with Gasteiger partial charge in [0.15, 0.2) is 0 Å². The molecule has 0 amide bonds. The zero-order chi connectivity index (χ0) is 21.0. The van der Waals surface area contributed by atoms with Crippen molar-refractivity contribution in [2.24, 2.45) is 0 Å². The Balaban J connectivity index is 2.65. The summed E-state index contributed by atoms with van der Waals surface area (Å²) in [5.41, 5.74) is -3.33. The van der Waals surface area contributed by atoms with Crippen molar-refractivity contribution in [2.45, 2.75) is 47.7 Å². The molecule has 7 N–H and O–H groups in total. The van der Waals surface area contributed by atoms with Crippen LogP contribution in [-0.4, -0.2) is 109 Å². The minimum absolute atomic E-state index is 0.477. The van der Waals surface area contributed by atoms with Gasteiger partial charge < -0.3 is 44.8 Å². The lowest BCUT2D eigenvalue weighted by atomic mass is 9.81. The zero-order valence-corrected chi connectivity index (χ0v) is 14.4. The molecule has 7 atom stereocenters. The average Bonchev–Trinajstić information content (AvgIpc) is 2.58. The van der Waals surface area contributed by atoms with Crippen LogP contribution in [0.5, 0.6) is 0 Å². The van der Waals surface area contributed by atoms with Gasteiger partial charge in [0, 0.05) is 0 Å². The van der Waals surface area contributed by atoms with Crippen LogP contribution in [0.4, 0.5) is 0 Å². The van der Waals surface area contributed by atoms with Crippen molar-refractivity contribution in [2.75, 3.05) is 13.2 Å². The molecule has 0 spiro atoms.